The molecule has 0 saturated carbocycles. The van der Waals surface area contributed by atoms with Crippen molar-refractivity contribution in [1.29, 1.82) is 0 Å². The molecule has 0 bridgehead atoms. The second-order valence-corrected chi connectivity index (χ2v) is 9.33. The average Bonchev–Trinajstić information content (AvgIpc) is 3.18. The Morgan fingerprint density at radius 1 is 1.13 bits per heavy atom. The zero-order valence-corrected chi connectivity index (χ0v) is 19.4. The number of amides is 2. The molecule has 31 heavy (non-hydrogen) atoms. The van der Waals surface area contributed by atoms with Crippen LogP contribution in [0.2, 0.25) is 0 Å². The first-order valence-corrected chi connectivity index (χ1v) is 11.0. The Kier molecular flexibility index (Phi) is 6.86. The lowest BCUT2D eigenvalue weighted by Crippen LogP contribution is -2.43. The molecule has 2 aliphatic rings. The van der Waals surface area contributed by atoms with E-state index in [9.17, 15) is 14.4 Å². The quantitative estimate of drug-likeness (QED) is 0.498. The molecule has 0 spiro atoms. The van der Waals surface area contributed by atoms with Gasteiger partial charge in [-0.15, -0.1) is 0 Å². The number of rotatable bonds is 4. The van der Waals surface area contributed by atoms with Crippen molar-refractivity contribution in [2.45, 2.75) is 19.9 Å². The number of hydrogen-bond donors (Lipinski definition) is 0. The Hall–Kier alpha value is -2.65. The maximum atomic E-state index is 13.8. The van der Waals surface area contributed by atoms with E-state index < -0.39 is 23.4 Å². The molecule has 1 fully saturated rings. The van der Waals surface area contributed by atoms with Crippen LogP contribution < -0.4 is 0 Å². The summed E-state index contributed by atoms with van der Waals surface area (Å²) in [4.78, 5) is 41.2. The van der Waals surface area contributed by atoms with E-state index in [1.165, 1.54) is 43.3 Å². The number of nitrogens with zero attached hydrogens (tertiary/aromatic N) is 2. The molecule has 0 N–H and O–H groups in total. The summed E-state index contributed by atoms with van der Waals surface area (Å²) >= 11 is 6.93. The fraction of sp³-hybridized carbons (Fsp3) is 0.364. The van der Waals surface area contributed by atoms with Gasteiger partial charge in [-0.2, -0.15) is 0 Å². The van der Waals surface area contributed by atoms with Crippen molar-refractivity contribution in [2.24, 2.45) is 11.3 Å². The third-order valence-corrected chi connectivity index (χ3v) is 6.93. The van der Waals surface area contributed by atoms with Crippen molar-refractivity contribution >= 4 is 46.3 Å². The van der Waals surface area contributed by atoms with Gasteiger partial charge in [-0.3, -0.25) is 19.4 Å². The van der Waals surface area contributed by atoms with Crippen LogP contribution in [-0.2, 0) is 19.1 Å². The molecule has 1 aromatic rings. The molecule has 7 nitrogen and oxygen atoms in total. The number of carbonyl (C=O) groups excluding carboxylic acids is 3. The number of carbonyl (C=O) groups is 3. The molecule has 1 aromatic carbocycles. The van der Waals surface area contributed by atoms with Crippen molar-refractivity contribution in [3.8, 4) is 0 Å². The number of methoxy groups -OCH3 is 2. The number of benzene rings is 1. The lowest BCUT2D eigenvalue weighted by Gasteiger charge is -2.36. The second-order valence-electron chi connectivity index (χ2n) is 7.67. The van der Waals surface area contributed by atoms with Crippen LogP contribution in [0.3, 0.4) is 0 Å². The molecule has 2 aliphatic heterocycles. The van der Waals surface area contributed by atoms with Gasteiger partial charge in [-0.05, 0) is 19.4 Å². The van der Waals surface area contributed by atoms with Gasteiger partial charge < -0.3 is 9.47 Å². The van der Waals surface area contributed by atoms with Crippen LogP contribution >= 0.6 is 24.0 Å². The second kappa shape index (κ2) is 9.23. The molecule has 3 rings (SSSR count). The van der Waals surface area contributed by atoms with E-state index in [1.54, 1.807) is 24.8 Å². The smallest absolute Gasteiger partial charge is 0.417 e. The number of thiocarbonyl (C=S) groups is 1. The van der Waals surface area contributed by atoms with E-state index >= 15 is 0 Å². The molecule has 2 heterocycles. The van der Waals surface area contributed by atoms with Gasteiger partial charge in [0.1, 0.15) is 4.32 Å². The maximum absolute atomic E-state index is 13.8. The van der Waals surface area contributed by atoms with Gasteiger partial charge in [0.15, 0.2) is 0 Å². The highest BCUT2D eigenvalue weighted by Crippen LogP contribution is 2.42. The summed E-state index contributed by atoms with van der Waals surface area (Å²) < 4.78 is 10.2. The minimum Gasteiger partial charge on any atom is -0.469 e. The fourth-order valence-electron chi connectivity index (χ4n) is 3.69. The van der Waals surface area contributed by atoms with Crippen molar-refractivity contribution in [3.63, 3.8) is 0 Å². The highest BCUT2D eigenvalue weighted by Gasteiger charge is 2.46. The van der Waals surface area contributed by atoms with Gasteiger partial charge in [0.25, 0.3) is 5.91 Å². The SMILES string of the molecule is COC(=O)N1C=C[C@@H](C(C)(C)C(=O)OC)C(C(=O)N2C(=S)SC[C@@H]2c2ccccc2)=C1. The van der Waals surface area contributed by atoms with E-state index in [1.807, 2.05) is 30.3 Å². The van der Waals surface area contributed by atoms with Gasteiger partial charge in [-0.25, -0.2) is 4.79 Å². The number of esters is 1. The Morgan fingerprint density at radius 2 is 1.81 bits per heavy atom. The molecule has 0 radical (unpaired) electrons. The summed E-state index contributed by atoms with van der Waals surface area (Å²) in [7, 11) is 2.56. The normalized spacial score (nSPS) is 21.0. The van der Waals surface area contributed by atoms with E-state index in [-0.39, 0.29) is 17.5 Å². The first-order chi connectivity index (χ1) is 14.7. The summed E-state index contributed by atoms with van der Waals surface area (Å²) in [6.07, 6.45) is 3.90. The molecule has 0 aliphatic carbocycles. The number of thioether (sulfide) groups is 1. The monoisotopic (exact) mass is 460 g/mol. The first kappa shape index (κ1) is 23.0. The molecule has 1 saturated heterocycles. The molecule has 0 aromatic heterocycles. The van der Waals surface area contributed by atoms with Crippen LogP contribution in [0.15, 0.2) is 54.4 Å². The molecule has 2 atom stereocenters. The molecular formula is C22H24N2O5S2. The van der Waals surface area contributed by atoms with Gasteiger partial charge in [0, 0.05) is 29.6 Å². The standard InChI is InChI=1S/C22H24N2O5S2/c1-22(2,19(26)28-3)16-10-11-23(20(27)29-4)12-15(16)18(25)24-17(13-31-21(24)30)14-8-6-5-7-9-14/h5-12,16-17H,13H2,1-4H3/t16-,17-/m1/s1. The van der Waals surface area contributed by atoms with E-state index in [4.69, 9.17) is 21.7 Å². The van der Waals surface area contributed by atoms with Crippen LogP contribution in [0, 0.1) is 11.3 Å². The highest BCUT2D eigenvalue weighted by atomic mass is 32.2. The molecule has 9 heteroatoms. The average molecular weight is 461 g/mol. The number of hydrogen-bond acceptors (Lipinski definition) is 7. The van der Waals surface area contributed by atoms with Crippen LogP contribution in [0.4, 0.5) is 4.79 Å². The molecule has 0 unspecified atom stereocenters. The third-order valence-electron chi connectivity index (χ3n) is 5.45. The van der Waals surface area contributed by atoms with Crippen LogP contribution in [0.25, 0.3) is 0 Å². The van der Waals surface area contributed by atoms with Crippen LogP contribution in [0.5, 0.6) is 0 Å². The van der Waals surface area contributed by atoms with Crippen LogP contribution in [0.1, 0.15) is 25.5 Å². The molecule has 2 amide bonds. The Bertz CT molecular complexity index is 958. The van der Waals surface area contributed by atoms with Gasteiger partial charge in [0.2, 0.25) is 0 Å². The van der Waals surface area contributed by atoms with E-state index in [2.05, 4.69) is 0 Å². The van der Waals surface area contributed by atoms with E-state index in [0.29, 0.717) is 10.1 Å². The van der Waals surface area contributed by atoms with Crippen LogP contribution in [-0.4, -0.2) is 52.1 Å². The lowest BCUT2D eigenvalue weighted by atomic mass is 9.73. The first-order valence-electron chi connectivity index (χ1n) is 9.62. The summed E-state index contributed by atoms with van der Waals surface area (Å²) in [5.74, 6) is -0.823. The lowest BCUT2D eigenvalue weighted by molar-refractivity contribution is -0.152. The molecular weight excluding hydrogens is 436 g/mol. The van der Waals surface area contributed by atoms with Gasteiger partial charge in [-0.1, -0.05) is 60.4 Å². The van der Waals surface area contributed by atoms with Gasteiger partial charge in [0.05, 0.1) is 25.7 Å². The number of ether oxygens (including phenoxy) is 2. The maximum Gasteiger partial charge on any atom is 0.417 e. The minimum absolute atomic E-state index is 0.244. The Morgan fingerprint density at radius 3 is 2.42 bits per heavy atom. The molecule has 164 valence electrons. The summed E-state index contributed by atoms with van der Waals surface area (Å²) in [5, 5.41) is 0. The summed E-state index contributed by atoms with van der Waals surface area (Å²) in [5.41, 5.74) is 0.170. The minimum atomic E-state index is -1.05. The van der Waals surface area contributed by atoms with E-state index in [0.717, 1.165) is 5.56 Å². The van der Waals surface area contributed by atoms with Crippen molar-refractivity contribution < 1.29 is 23.9 Å². The zero-order chi connectivity index (χ0) is 22.8. The predicted octanol–water partition coefficient (Wildman–Crippen LogP) is 3.88. The largest absolute Gasteiger partial charge is 0.469 e. The van der Waals surface area contributed by atoms with Crippen molar-refractivity contribution in [3.05, 3.63) is 59.9 Å². The summed E-state index contributed by atoms with van der Waals surface area (Å²) in [6.45, 7) is 3.41. The Balaban J connectivity index is 2.04. The van der Waals surface area contributed by atoms with Crippen molar-refractivity contribution in [2.75, 3.05) is 20.0 Å². The van der Waals surface area contributed by atoms with Gasteiger partial charge >= 0.3 is 12.1 Å². The topological polar surface area (TPSA) is 76.1 Å². The highest BCUT2D eigenvalue weighted by molar-refractivity contribution is 8.23. The zero-order valence-electron chi connectivity index (χ0n) is 17.7. The predicted molar refractivity (Wildman–Crippen MR) is 122 cm³/mol. The van der Waals surface area contributed by atoms with Crippen molar-refractivity contribution in [1.82, 2.24) is 9.80 Å². The number of allylic oxidation sites excluding steroid dienone is 1. The summed E-state index contributed by atoms with van der Waals surface area (Å²) in [6, 6.07) is 9.39. The fourth-order valence-corrected chi connectivity index (χ4v) is 5.09. The third kappa shape index (κ3) is 4.38. The Labute approximate surface area is 191 Å².